The first-order chi connectivity index (χ1) is 9.83. The molecule has 0 spiro atoms. The molecule has 0 saturated heterocycles. The lowest BCUT2D eigenvalue weighted by Crippen LogP contribution is -2.07. The molecule has 0 aromatic heterocycles. The van der Waals surface area contributed by atoms with Gasteiger partial charge in [0.05, 0.1) is 27.3 Å². The maximum absolute atomic E-state index is 13.2. The Hall–Kier alpha value is -2.10. The van der Waals surface area contributed by atoms with Gasteiger partial charge in [-0.1, -0.05) is 11.6 Å². The molecule has 0 aliphatic carbocycles. The van der Waals surface area contributed by atoms with Crippen molar-refractivity contribution in [1.82, 2.24) is 0 Å². The average Bonchev–Trinajstić information content (AvgIpc) is 2.37. The lowest BCUT2D eigenvalue weighted by molar-refractivity contribution is 0.594. The van der Waals surface area contributed by atoms with Crippen LogP contribution in [0.3, 0.4) is 0 Å². The zero-order chi connectivity index (χ0) is 15.6. The van der Waals surface area contributed by atoms with Crippen LogP contribution >= 0.6 is 11.6 Å². The van der Waals surface area contributed by atoms with Crippen molar-refractivity contribution in [1.29, 1.82) is 5.26 Å². The fraction of sp³-hybridized carbons (Fsp3) is 0.0714. The molecule has 2 N–H and O–H groups in total. The van der Waals surface area contributed by atoms with Gasteiger partial charge in [-0.15, -0.1) is 0 Å². The van der Waals surface area contributed by atoms with E-state index in [1.54, 1.807) is 0 Å². The molecule has 4 nitrogen and oxygen atoms in total. The molecular weight excluding hydrogens is 315 g/mol. The van der Waals surface area contributed by atoms with Gasteiger partial charge in [0.1, 0.15) is 5.82 Å². The number of nitrogens with zero attached hydrogens (tertiary/aromatic N) is 1. The minimum atomic E-state index is -3.82. The molecule has 0 aliphatic rings. The van der Waals surface area contributed by atoms with Gasteiger partial charge in [-0.3, -0.25) is 0 Å². The Balaban J connectivity index is 2.47. The average molecular weight is 325 g/mol. The molecule has 0 amide bonds. The van der Waals surface area contributed by atoms with E-state index in [1.807, 2.05) is 6.07 Å². The van der Waals surface area contributed by atoms with E-state index < -0.39 is 21.4 Å². The fourth-order valence-corrected chi connectivity index (χ4v) is 3.82. The van der Waals surface area contributed by atoms with Crippen molar-refractivity contribution in [2.45, 2.75) is 10.6 Å². The minimum absolute atomic E-state index is 0.00934. The minimum Gasteiger partial charge on any atom is -0.399 e. The third-order valence-corrected chi connectivity index (χ3v) is 4.97. The van der Waals surface area contributed by atoms with Gasteiger partial charge in [0.2, 0.25) is 0 Å². The SMILES string of the molecule is N#Cc1ccc(F)cc1CS(=O)(=O)c1ccc(N)cc1Cl. The normalized spacial score (nSPS) is 11.1. The van der Waals surface area contributed by atoms with Crippen molar-refractivity contribution in [2.75, 3.05) is 5.73 Å². The van der Waals surface area contributed by atoms with E-state index in [-0.39, 0.29) is 21.0 Å². The van der Waals surface area contributed by atoms with Crippen molar-refractivity contribution < 1.29 is 12.8 Å². The predicted molar refractivity (Wildman–Crippen MR) is 77.9 cm³/mol. The summed E-state index contributed by atoms with van der Waals surface area (Å²) in [4.78, 5) is -0.105. The van der Waals surface area contributed by atoms with Crippen LogP contribution in [-0.2, 0) is 15.6 Å². The molecule has 0 bridgehead atoms. The summed E-state index contributed by atoms with van der Waals surface area (Å²) in [5.41, 5.74) is 6.04. The summed E-state index contributed by atoms with van der Waals surface area (Å²) in [6, 6.07) is 9.24. The topological polar surface area (TPSA) is 84.0 Å². The molecule has 0 heterocycles. The molecular formula is C14H10ClFN2O2S. The number of nitriles is 1. The monoisotopic (exact) mass is 324 g/mol. The highest BCUT2D eigenvalue weighted by atomic mass is 35.5. The summed E-state index contributed by atoms with van der Waals surface area (Å²) in [6.45, 7) is 0. The number of sulfone groups is 1. The molecule has 108 valence electrons. The molecule has 0 unspecified atom stereocenters. The fourth-order valence-electron chi connectivity index (χ4n) is 1.84. The van der Waals surface area contributed by atoms with Gasteiger partial charge in [0.15, 0.2) is 9.84 Å². The molecule has 0 radical (unpaired) electrons. The Morgan fingerprint density at radius 1 is 1.24 bits per heavy atom. The van der Waals surface area contributed by atoms with Crippen molar-refractivity contribution in [3.8, 4) is 6.07 Å². The Kier molecular flexibility index (Phi) is 4.16. The van der Waals surface area contributed by atoms with Gasteiger partial charge in [-0.2, -0.15) is 5.26 Å². The van der Waals surface area contributed by atoms with Gasteiger partial charge >= 0.3 is 0 Å². The number of halogens is 2. The highest BCUT2D eigenvalue weighted by Gasteiger charge is 2.21. The van der Waals surface area contributed by atoms with E-state index in [0.717, 1.165) is 12.1 Å². The van der Waals surface area contributed by atoms with Crippen molar-refractivity contribution >= 4 is 27.1 Å². The molecule has 0 aliphatic heterocycles. The van der Waals surface area contributed by atoms with Crippen LogP contribution in [-0.4, -0.2) is 8.42 Å². The largest absolute Gasteiger partial charge is 0.399 e. The van der Waals surface area contributed by atoms with E-state index in [4.69, 9.17) is 22.6 Å². The smallest absolute Gasteiger partial charge is 0.184 e. The molecule has 7 heteroatoms. The first-order valence-electron chi connectivity index (χ1n) is 5.80. The van der Waals surface area contributed by atoms with Gasteiger partial charge in [0, 0.05) is 5.69 Å². The maximum Gasteiger partial charge on any atom is 0.184 e. The summed E-state index contributed by atoms with van der Waals surface area (Å²) >= 11 is 5.89. The summed E-state index contributed by atoms with van der Waals surface area (Å²) in [5, 5.41) is 8.95. The van der Waals surface area contributed by atoms with Crippen LogP contribution < -0.4 is 5.73 Å². The summed E-state index contributed by atoms with van der Waals surface area (Å²) in [5.74, 6) is -1.13. The molecule has 21 heavy (non-hydrogen) atoms. The molecule has 2 rings (SSSR count). The second kappa shape index (κ2) is 5.72. The number of nitrogen functional groups attached to an aromatic ring is 1. The number of rotatable bonds is 3. The molecule has 0 fully saturated rings. The van der Waals surface area contributed by atoms with Crippen LogP contribution in [0.1, 0.15) is 11.1 Å². The van der Waals surface area contributed by atoms with Gasteiger partial charge in [0.25, 0.3) is 0 Å². The maximum atomic E-state index is 13.2. The standard InChI is InChI=1S/C14H10ClFN2O2S/c15-13-6-12(18)3-4-14(13)21(19,20)8-10-5-11(16)2-1-9(10)7-17/h1-6H,8,18H2. The third kappa shape index (κ3) is 3.32. The van der Waals surface area contributed by atoms with Crippen LogP contribution in [0, 0.1) is 17.1 Å². The van der Waals surface area contributed by atoms with Crippen molar-refractivity contribution in [2.24, 2.45) is 0 Å². The molecule has 0 atom stereocenters. The predicted octanol–water partition coefficient (Wildman–Crippen LogP) is 2.91. The molecule has 0 saturated carbocycles. The van der Waals surface area contributed by atoms with E-state index in [9.17, 15) is 12.8 Å². The van der Waals surface area contributed by atoms with Crippen LogP contribution in [0.4, 0.5) is 10.1 Å². The van der Waals surface area contributed by atoms with E-state index in [1.165, 1.54) is 24.3 Å². The van der Waals surface area contributed by atoms with Gasteiger partial charge in [-0.05, 0) is 42.0 Å². The summed E-state index contributed by atoms with van der Waals surface area (Å²) < 4.78 is 38.0. The second-order valence-corrected chi connectivity index (χ2v) is 6.73. The zero-order valence-corrected chi connectivity index (χ0v) is 12.2. The van der Waals surface area contributed by atoms with E-state index in [2.05, 4.69) is 0 Å². The lowest BCUT2D eigenvalue weighted by Gasteiger charge is -2.08. The lowest BCUT2D eigenvalue weighted by atomic mass is 10.1. The van der Waals surface area contributed by atoms with Crippen molar-refractivity contribution in [3.63, 3.8) is 0 Å². The second-order valence-electron chi connectivity index (χ2n) is 4.36. The van der Waals surface area contributed by atoms with Crippen LogP contribution in [0.5, 0.6) is 0 Å². The summed E-state index contributed by atoms with van der Waals surface area (Å²) in [6.07, 6.45) is 0. The van der Waals surface area contributed by atoms with Crippen molar-refractivity contribution in [3.05, 3.63) is 58.4 Å². The van der Waals surface area contributed by atoms with Gasteiger partial charge in [-0.25, -0.2) is 12.8 Å². The van der Waals surface area contributed by atoms with E-state index in [0.29, 0.717) is 5.69 Å². The van der Waals surface area contributed by atoms with E-state index >= 15 is 0 Å². The quantitative estimate of drug-likeness (QED) is 0.880. The number of hydrogen-bond acceptors (Lipinski definition) is 4. The number of benzene rings is 2. The number of anilines is 1. The number of nitrogens with two attached hydrogens (primary N) is 1. The zero-order valence-electron chi connectivity index (χ0n) is 10.7. The summed E-state index contributed by atoms with van der Waals surface area (Å²) in [7, 11) is -3.82. The van der Waals surface area contributed by atoms with Crippen LogP contribution in [0.15, 0.2) is 41.3 Å². The molecule has 2 aromatic carbocycles. The Bertz CT molecular complexity index is 845. The Morgan fingerprint density at radius 3 is 2.57 bits per heavy atom. The number of hydrogen-bond donors (Lipinski definition) is 1. The Labute approximate surface area is 126 Å². The highest BCUT2D eigenvalue weighted by molar-refractivity contribution is 7.90. The van der Waals surface area contributed by atoms with Crippen LogP contribution in [0.25, 0.3) is 0 Å². The third-order valence-electron chi connectivity index (χ3n) is 2.82. The first kappa shape index (κ1) is 15.3. The first-order valence-corrected chi connectivity index (χ1v) is 7.83. The highest BCUT2D eigenvalue weighted by Crippen LogP contribution is 2.27. The molecule has 2 aromatic rings. The Morgan fingerprint density at radius 2 is 1.95 bits per heavy atom. The van der Waals surface area contributed by atoms with Crippen LogP contribution in [0.2, 0.25) is 5.02 Å². The van der Waals surface area contributed by atoms with Gasteiger partial charge < -0.3 is 5.73 Å².